The summed E-state index contributed by atoms with van der Waals surface area (Å²) in [6.07, 6.45) is 3.72. The van der Waals surface area contributed by atoms with Gasteiger partial charge < -0.3 is 0 Å². The fourth-order valence-electron chi connectivity index (χ4n) is 2.85. The number of halogens is 1. The van der Waals surface area contributed by atoms with Crippen LogP contribution in [0.3, 0.4) is 0 Å². The molecule has 0 N–H and O–H groups in total. The van der Waals surface area contributed by atoms with Crippen molar-refractivity contribution < 1.29 is 9.18 Å². The van der Waals surface area contributed by atoms with Crippen LogP contribution in [-0.4, -0.2) is 5.78 Å². The van der Waals surface area contributed by atoms with Crippen molar-refractivity contribution >= 4 is 5.78 Å². The molecule has 1 unspecified atom stereocenters. The predicted molar refractivity (Wildman–Crippen MR) is 66.2 cm³/mol. The van der Waals surface area contributed by atoms with E-state index in [1.807, 2.05) is 0 Å². The number of carbonyl (C=O) groups excluding carboxylic acids is 1. The normalized spacial score (nSPS) is 22.6. The zero-order chi connectivity index (χ0) is 12.5. The van der Waals surface area contributed by atoms with E-state index in [4.69, 9.17) is 0 Å². The summed E-state index contributed by atoms with van der Waals surface area (Å²) in [5.41, 5.74) is 1.05. The SMILES string of the molecule is CC1(C)CCCC1C(=O)Cc1ccc(F)cc1. The third kappa shape index (κ3) is 2.74. The van der Waals surface area contributed by atoms with E-state index in [1.165, 1.54) is 12.1 Å². The van der Waals surface area contributed by atoms with E-state index >= 15 is 0 Å². The van der Waals surface area contributed by atoms with Crippen LogP contribution in [0.2, 0.25) is 0 Å². The molecule has 0 radical (unpaired) electrons. The van der Waals surface area contributed by atoms with Crippen LogP contribution < -0.4 is 0 Å². The fourth-order valence-corrected chi connectivity index (χ4v) is 2.85. The number of benzene rings is 1. The summed E-state index contributed by atoms with van der Waals surface area (Å²) < 4.78 is 12.8. The second-order valence-corrected chi connectivity index (χ2v) is 5.70. The minimum absolute atomic E-state index is 0.136. The Kier molecular flexibility index (Phi) is 3.32. The minimum Gasteiger partial charge on any atom is -0.299 e. The first-order valence-corrected chi connectivity index (χ1v) is 6.26. The van der Waals surface area contributed by atoms with E-state index in [1.54, 1.807) is 12.1 Å². The topological polar surface area (TPSA) is 17.1 Å². The van der Waals surface area contributed by atoms with Gasteiger partial charge in [0, 0.05) is 12.3 Å². The van der Waals surface area contributed by atoms with Gasteiger partial charge in [-0.15, -0.1) is 0 Å². The maximum atomic E-state index is 12.8. The lowest BCUT2D eigenvalue weighted by Crippen LogP contribution is -2.27. The van der Waals surface area contributed by atoms with Crippen molar-refractivity contribution in [3.05, 3.63) is 35.6 Å². The highest BCUT2D eigenvalue weighted by Crippen LogP contribution is 2.43. The second kappa shape index (κ2) is 4.59. The molecule has 0 amide bonds. The molecular weight excluding hydrogens is 215 g/mol. The van der Waals surface area contributed by atoms with Crippen LogP contribution in [0.5, 0.6) is 0 Å². The Morgan fingerprint density at radius 3 is 2.53 bits per heavy atom. The molecule has 1 aromatic rings. The molecule has 0 aromatic heterocycles. The molecule has 0 bridgehead atoms. The van der Waals surface area contributed by atoms with Crippen molar-refractivity contribution in [1.82, 2.24) is 0 Å². The quantitative estimate of drug-likeness (QED) is 0.778. The zero-order valence-electron chi connectivity index (χ0n) is 10.5. The lowest BCUT2D eigenvalue weighted by Gasteiger charge is -2.25. The number of rotatable bonds is 3. The van der Waals surface area contributed by atoms with Crippen LogP contribution in [0.4, 0.5) is 4.39 Å². The first kappa shape index (κ1) is 12.3. The summed E-state index contributed by atoms with van der Waals surface area (Å²) in [5.74, 6) is 0.231. The third-order valence-electron chi connectivity index (χ3n) is 3.94. The van der Waals surface area contributed by atoms with Crippen molar-refractivity contribution in [2.45, 2.75) is 39.5 Å². The molecule has 1 fully saturated rings. The molecule has 1 atom stereocenters. The van der Waals surface area contributed by atoms with Crippen molar-refractivity contribution in [3.8, 4) is 0 Å². The molecule has 1 aromatic carbocycles. The number of Topliss-reactive ketones (excluding diaryl/α,β-unsaturated/α-hetero) is 1. The van der Waals surface area contributed by atoms with Gasteiger partial charge in [-0.25, -0.2) is 4.39 Å². The van der Waals surface area contributed by atoms with Crippen LogP contribution >= 0.6 is 0 Å². The molecule has 17 heavy (non-hydrogen) atoms. The van der Waals surface area contributed by atoms with Crippen LogP contribution in [0.25, 0.3) is 0 Å². The molecule has 92 valence electrons. The van der Waals surface area contributed by atoms with E-state index in [-0.39, 0.29) is 17.2 Å². The molecule has 0 heterocycles. The maximum absolute atomic E-state index is 12.8. The number of ketones is 1. The van der Waals surface area contributed by atoms with Gasteiger partial charge in [-0.1, -0.05) is 32.4 Å². The minimum atomic E-state index is -0.248. The van der Waals surface area contributed by atoms with E-state index in [0.29, 0.717) is 12.2 Å². The number of hydrogen-bond donors (Lipinski definition) is 0. The lowest BCUT2D eigenvalue weighted by atomic mass is 9.78. The number of hydrogen-bond acceptors (Lipinski definition) is 1. The van der Waals surface area contributed by atoms with Gasteiger partial charge in [0.25, 0.3) is 0 Å². The fraction of sp³-hybridized carbons (Fsp3) is 0.533. The van der Waals surface area contributed by atoms with E-state index < -0.39 is 0 Å². The summed E-state index contributed by atoms with van der Waals surface area (Å²) in [5, 5.41) is 0. The highest BCUT2D eigenvalue weighted by Gasteiger charge is 2.38. The van der Waals surface area contributed by atoms with E-state index in [9.17, 15) is 9.18 Å². The van der Waals surface area contributed by atoms with Gasteiger partial charge in [0.2, 0.25) is 0 Å². The molecule has 0 spiro atoms. The first-order chi connectivity index (χ1) is 7.99. The highest BCUT2D eigenvalue weighted by atomic mass is 19.1. The van der Waals surface area contributed by atoms with Gasteiger partial charge in [0.15, 0.2) is 0 Å². The Morgan fingerprint density at radius 2 is 2.00 bits per heavy atom. The summed E-state index contributed by atoms with van der Waals surface area (Å²) in [4.78, 5) is 12.2. The second-order valence-electron chi connectivity index (χ2n) is 5.70. The predicted octanol–water partition coefficient (Wildman–Crippen LogP) is 3.76. The third-order valence-corrected chi connectivity index (χ3v) is 3.94. The van der Waals surface area contributed by atoms with E-state index in [0.717, 1.165) is 24.8 Å². The van der Waals surface area contributed by atoms with Gasteiger partial charge in [0.1, 0.15) is 11.6 Å². The Morgan fingerprint density at radius 1 is 1.35 bits per heavy atom. The average molecular weight is 234 g/mol. The molecule has 1 aliphatic rings. The molecule has 2 heteroatoms. The van der Waals surface area contributed by atoms with Crippen LogP contribution in [0.15, 0.2) is 24.3 Å². The Labute approximate surface area is 102 Å². The molecule has 1 aliphatic carbocycles. The first-order valence-electron chi connectivity index (χ1n) is 6.26. The Balaban J connectivity index is 2.04. The van der Waals surface area contributed by atoms with Crippen LogP contribution in [0.1, 0.15) is 38.7 Å². The van der Waals surface area contributed by atoms with E-state index in [2.05, 4.69) is 13.8 Å². The van der Waals surface area contributed by atoms with Gasteiger partial charge in [-0.3, -0.25) is 4.79 Å². The molecule has 0 saturated heterocycles. The smallest absolute Gasteiger partial charge is 0.140 e. The van der Waals surface area contributed by atoms with Gasteiger partial charge in [0.05, 0.1) is 0 Å². The Hall–Kier alpha value is -1.18. The number of carbonyl (C=O) groups is 1. The molecule has 1 nitrogen and oxygen atoms in total. The summed E-state index contributed by atoms with van der Waals surface area (Å²) >= 11 is 0. The lowest BCUT2D eigenvalue weighted by molar-refractivity contribution is -0.124. The monoisotopic (exact) mass is 234 g/mol. The largest absolute Gasteiger partial charge is 0.299 e. The maximum Gasteiger partial charge on any atom is 0.140 e. The summed E-state index contributed by atoms with van der Waals surface area (Å²) in [6, 6.07) is 6.25. The standard InChI is InChI=1S/C15H19FO/c1-15(2)9-3-4-13(15)14(17)10-11-5-7-12(16)8-6-11/h5-8,13H,3-4,9-10H2,1-2H3. The zero-order valence-corrected chi connectivity index (χ0v) is 10.5. The molecule has 0 aliphatic heterocycles. The van der Waals surface area contributed by atoms with Gasteiger partial charge in [-0.05, 0) is 36.0 Å². The molecule has 2 rings (SSSR count). The van der Waals surface area contributed by atoms with Crippen molar-refractivity contribution in [2.75, 3.05) is 0 Å². The van der Waals surface area contributed by atoms with Crippen molar-refractivity contribution in [2.24, 2.45) is 11.3 Å². The van der Waals surface area contributed by atoms with Crippen molar-refractivity contribution in [3.63, 3.8) is 0 Å². The van der Waals surface area contributed by atoms with Crippen molar-refractivity contribution in [1.29, 1.82) is 0 Å². The van der Waals surface area contributed by atoms with Gasteiger partial charge in [-0.2, -0.15) is 0 Å². The molecular formula is C15H19FO. The van der Waals surface area contributed by atoms with Crippen LogP contribution in [0, 0.1) is 17.2 Å². The molecule has 1 saturated carbocycles. The summed E-state index contributed by atoms with van der Waals surface area (Å²) in [6.45, 7) is 4.35. The average Bonchev–Trinajstić information content (AvgIpc) is 2.61. The van der Waals surface area contributed by atoms with Gasteiger partial charge >= 0.3 is 0 Å². The highest BCUT2D eigenvalue weighted by molar-refractivity contribution is 5.84. The van der Waals surface area contributed by atoms with Crippen LogP contribution in [-0.2, 0) is 11.2 Å². The summed E-state index contributed by atoms with van der Waals surface area (Å²) in [7, 11) is 0. The Bertz CT molecular complexity index is 405.